The molecule has 0 bridgehead atoms. The van der Waals surface area contributed by atoms with Gasteiger partial charge in [0, 0.05) is 35.0 Å². The Kier molecular flexibility index (Phi) is 6.83. The van der Waals surface area contributed by atoms with Gasteiger partial charge in [-0.25, -0.2) is 0 Å². The summed E-state index contributed by atoms with van der Waals surface area (Å²) in [6, 6.07) is 10.3. The van der Waals surface area contributed by atoms with E-state index in [1.54, 1.807) is 24.3 Å². The lowest BCUT2D eigenvalue weighted by Crippen LogP contribution is -2.10. The summed E-state index contributed by atoms with van der Waals surface area (Å²) in [5.74, 6) is 0.241. The third kappa shape index (κ3) is 5.50. The zero-order valence-electron chi connectivity index (χ0n) is 14.3. The van der Waals surface area contributed by atoms with Crippen molar-refractivity contribution in [2.45, 2.75) is 26.2 Å². The van der Waals surface area contributed by atoms with Crippen LogP contribution in [0.1, 0.15) is 31.7 Å². The number of nitrogens with zero attached hydrogens (tertiary/aromatic N) is 1. The number of carbonyl (C=O) groups is 1. The molecule has 0 aliphatic heterocycles. The number of benzene rings is 2. The molecule has 0 heterocycles. The van der Waals surface area contributed by atoms with E-state index in [0.29, 0.717) is 28.4 Å². The van der Waals surface area contributed by atoms with Crippen LogP contribution in [0.4, 0.5) is 11.4 Å². The Bertz CT molecular complexity index is 775. The van der Waals surface area contributed by atoms with Crippen molar-refractivity contribution in [3.05, 3.63) is 47.0 Å². The Morgan fingerprint density at radius 2 is 2.16 bits per heavy atom. The Hall–Kier alpha value is -2.53. The molecule has 132 valence electrons. The second-order valence-corrected chi connectivity index (χ2v) is 5.94. The van der Waals surface area contributed by atoms with Gasteiger partial charge in [-0.2, -0.15) is 0 Å². The van der Waals surface area contributed by atoms with Crippen LogP contribution in [-0.2, 0) is 4.79 Å². The molecule has 0 aromatic heterocycles. The van der Waals surface area contributed by atoms with Crippen LogP contribution in [0.15, 0.2) is 41.4 Å². The summed E-state index contributed by atoms with van der Waals surface area (Å²) in [6.07, 6.45) is 3.84. The molecule has 0 spiro atoms. The Labute approximate surface area is 152 Å². The van der Waals surface area contributed by atoms with Crippen molar-refractivity contribution >= 4 is 35.1 Å². The second-order valence-electron chi connectivity index (χ2n) is 5.51. The van der Waals surface area contributed by atoms with Gasteiger partial charge in [0.2, 0.25) is 5.91 Å². The summed E-state index contributed by atoms with van der Waals surface area (Å²) < 4.78 is 5.07. The van der Waals surface area contributed by atoms with Gasteiger partial charge in [0.1, 0.15) is 0 Å². The molecule has 0 radical (unpaired) electrons. The highest BCUT2D eigenvalue weighted by molar-refractivity contribution is 6.31. The monoisotopic (exact) mass is 360 g/mol. The first-order chi connectivity index (χ1) is 12.0. The number of anilines is 1. The first kappa shape index (κ1) is 18.8. The number of methoxy groups -OCH3 is 1. The summed E-state index contributed by atoms with van der Waals surface area (Å²) in [4.78, 5) is 16.1. The molecule has 0 saturated heterocycles. The average molecular weight is 361 g/mol. The van der Waals surface area contributed by atoms with E-state index in [9.17, 15) is 9.90 Å². The average Bonchev–Trinajstić information content (AvgIpc) is 2.60. The first-order valence-corrected chi connectivity index (χ1v) is 8.41. The second kappa shape index (κ2) is 9.08. The van der Waals surface area contributed by atoms with Crippen LogP contribution in [-0.4, -0.2) is 24.3 Å². The first-order valence-electron chi connectivity index (χ1n) is 8.04. The van der Waals surface area contributed by atoms with Crippen molar-refractivity contribution in [1.29, 1.82) is 0 Å². The number of halogens is 1. The predicted molar refractivity (Wildman–Crippen MR) is 102 cm³/mol. The van der Waals surface area contributed by atoms with Crippen LogP contribution in [0.3, 0.4) is 0 Å². The third-order valence-corrected chi connectivity index (χ3v) is 3.75. The zero-order valence-corrected chi connectivity index (χ0v) is 15.0. The van der Waals surface area contributed by atoms with E-state index in [1.807, 2.05) is 13.0 Å². The minimum Gasteiger partial charge on any atom is -0.504 e. The number of hydrogen-bond donors (Lipinski definition) is 2. The lowest BCUT2D eigenvalue weighted by Gasteiger charge is -2.07. The number of amides is 1. The van der Waals surface area contributed by atoms with Gasteiger partial charge in [-0.15, -0.1) is 0 Å². The fraction of sp³-hybridized carbons (Fsp3) is 0.263. The molecule has 2 rings (SSSR count). The Morgan fingerprint density at radius 1 is 1.36 bits per heavy atom. The number of phenolic OH excluding ortho intramolecular Hbond substituents is 1. The van der Waals surface area contributed by atoms with Crippen LogP contribution < -0.4 is 10.1 Å². The number of aromatic hydroxyl groups is 1. The Morgan fingerprint density at radius 3 is 2.88 bits per heavy atom. The lowest BCUT2D eigenvalue weighted by atomic mass is 10.2. The number of phenols is 1. The molecule has 2 aromatic rings. The van der Waals surface area contributed by atoms with Crippen LogP contribution in [0.25, 0.3) is 0 Å². The van der Waals surface area contributed by atoms with Gasteiger partial charge < -0.3 is 15.2 Å². The maximum Gasteiger partial charge on any atom is 0.224 e. The van der Waals surface area contributed by atoms with Crippen molar-refractivity contribution in [2.24, 2.45) is 4.99 Å². The molecule has 0 saturated carbocycles. The summed E-state index contributed by atoms with van der Waals surface area (Å²) in [5.41, 5.74) is 1.78. The molecular formula is C19H21ClN2O3. The van der Waals surface area contributed by atoms with Crippen molar-refractivity contribution in [2.75, 3.05) is 12.4 Å². The van der Waals surface area contributed by atoms with E-state index in [2.05, 4.69) is 10.3 Å². The molecule has 2 N–H and O–H groups in total. The minimum atomic E-state index is -0.0281. The summed E-state index contributed by atoms with van der Waals surface area (Å²) in [5, 5.41) is 13.4. The lowest BCUT2D eigenvalue weighted by molar-refractivity contribution is -0.116. The predicted octanol–water partition coefficient (Wildman–Crippen LogP) is 4.93. The molecule has 1 amide bonds. The molecule has 0 atom stereocenters. The van der Waals surface area contributed by atoms with Gasteiger partial charge in [-0.05, 0) is 30.7 Å². The van der Waals surface area contributed by atoms with Gasteiger partial charge >= 0.3 is 0 Å². The molecule has 0 aliphatic rings. The van der Waals surface area contributed by atoms with Gasteiger partial charge in [-0.3, -0.25) is 9.79 Å². The minimum absolute atomic E-state index is 0.0137. The largest absolute Gasteiger partial charge is 0.504 e. The fourth-order valence-electron chi connectivity index (χ4n) is 2.22. The smallest absolute Gasteiger partial charge is 0.224 e. The molecular weight excluding hydrogens is 340 g/mol. The summed E-state index contributed by atoms with van der Waals surface area (Å²) in [6.45, 7) is 2.04. The van der Waals surface area contributed by atoms with Crippen molar-refractivity contribution in [3.63, 3.8) is 0 Å². The van der Waals surface area contributed by atoms with Crippen LogP contribution in [0.2, 0.25) is 5.02 Å². The van der Waals surface area contributed by atoms with E-state index < -0.39 is 0 Å². The maximum atomic E-state index is 11.8. The SMILES string of the molecule is CCCCC(=O)Nc1cccc(N=Cc2cc(Cl)cc(OC)c2O)c1. The molecule has 6 heteroatoms. The van der Waals surface area contributed by atoms with Crippen LogP contribution >= 0.6 is 11.6 Å². The molecule has 5 nitrogen and oxygen atoms in total. The number of rotatable bonds is 7. The van der Waals surface area contributed by atoms with Crippen molar-refractivity contribution < 1.29 is 14.6 Å². The third-order valence-electron chi connectivity index (χ3n) is 3.53. The van der Waals surface area contributed by atoms with Gasteiger partial charge in [0.15, 0.2) is 11.5 Å². The number of hydrogen-bond acceptors (Lipinski definition) is 4. The molecule has 25 heavy (non-hydrogen) atoms. The number of unbranched alkanes of at least 4 members (excludes halogenated alkanes) is 1. The standard InChI is InChI=1S/C19H21ClN2O3/c1-3-4-8-18(23)22-16-7-5-6-15(11-16)21-12-13-9-14(20)10-17(25-2)19(13)24/h5-7,9-12,24H,3-4,8H2,1-2H3,(H,22,23). The molecule has 0 aliphatic carbocycles. The van der Waals surface area contributed by atoms with Crippen molar-refractivity contribution in [3.8, 4) is 11.5 Å². The van der Waals surface area contributed by atoms with Gasteiger partial charge in [0.25, 0.3) is 0 Å². The highest BCUT2D eigenvalue weighted by atomic mass is 35.5. The van der Waals surface area contributed by atoms with Gasteiger partial charge in [-0.1, -0.05) is 31.0 Å². The summed E-state index contributed by atoms with van der Waals surface area (Å²) >= 11 is 6.01. The van der Waals surface area contributed by atoms with Gasteiger partial charge in [0.05, 0.1) is 12.8 Å². The normalized spacial score (nSPS) is 10.8. The highest BCUT2D eigenvalue weighted by Gasteiger charge is 2.08. The molecule has 0 unspecified atom stereocenters. The zero-order chi connectivity index (χ0) is 18.2. The van der Waals surface area contributed by atoms with Crippen LogP contribution in [0.5, 0.6) is 11.5 Å². The summed E-state index contributed by atoms with van der Waals surface area (Å²) in [7, 11) is 1.46. The topological polar surface area (TPSA) is 70.9 Å². The van der Waals surface area contributed by atoms with E-state index in [4.69, 9.17) is 16.3 Å². The van der Waals surface area contributed by atoms with E-state index in [-0.39, 0.29) is 17.4 Å². The number of nitrogens with one attached hydrogen (secondary N) is 1. The molecule has 0 fully saturated rings. The van der Waals surface area contributed by atoms with E-state index >= 15 is 0 Å². The molecule has 2 aromatic carbocycles. The van der Waals surface area contributed by atoms with E-state index in [0.717, 1.165) is 12.8 Å². The van der Waals surface area contributed by atoms with Crippen LogP contribution in [0, 0.1) is 0 Å². The quantitative estimate of drug-likeness (QED) is 0.687. The fourth-order valence-corrected chi connectivity index (χ4v) is 2.43. The number of aliphatic imine (C=N–C) groups is 1. The maximum absolute atomic E-state index is 11.8. The Balaban J connectivity index is 2.15. The highest BCUT2D eigenvalue weighted by Crippen LogP contribution is 2.32. The number of carbonyl (C=O) groups excluding carboxylic acids is 1. The van der Waals surface area contributed by atoms with E-state index in [1.165, 1.54) is 19.4 Å². The number of ether oxygens (including phenoxy) is 1. The van der Waals surface area contributed by atoms with Crippen molar-refractivity contribution in [1.82, 2.24) is 0 Å².